The Morgan fingerprint density at radius 1 is 0.230 bits per heavy atom. The summed E-state index contributed by atoms with van der Waals surface area (Å²) in [5, 5.41) is 3.60. The van der Waals surface area contributed by atoms with Crippen LogP contribution in [0.5, 0.6) is 0 Å². The van der Waals surface area contributed by atoms with Gasteiger partial charge in [0.2, 0.25) is 0 Å². The van der Waals surface area contributed by atoms with Gasteiger partial charge in [-0.2, -0.15) is 0 Å². The zero-order valence-corrected chi connectivity index (χ0v) is 40.6. The normalized spacial score (nSPS) is 11.2. The van der Waals surface area contributed by atoms with Gasteiger partial charge in [-0.25, -0.2) is 0 Å². The number of benzene rings is 12. The first-order valence-electron chi connectivity index (χ1n) is 25.3. The van der Waals surface area contributed by atoms with Crippen LogP contribution in [0.1, 0.15) is 0 Å². The highest BCUT2D eigenvalue weighted by atomic mass is 16.3. The first-order chi connectivity index (χ1) is 36.7. The molecule has 0 aliphatic heterocycles. The highest BCUT2D eigenvalue weighted by Gasteiger charge is 2.19. The molecule has 1 heterocycles. The van der Waals surface area contributed by atoms with Crippen LogP contribution in [0.4, 0.5) is 17.1 Å². The molecule has 0 aliphatic rings. The molecule has 0 aliphatic carbocycles. The maximum Gasteiger partial charge on any atom is 0.143 e. The lowest BCUT2D eigenvalue weighted by atomic mass is 9.89. The summed E-state index contributed by atoms with van der Waals surface area (Å²) in [5.41, 5.74) is 21.6. The second-order valence-electron chi connectivity index (χ2n) is 18.8. The van der Waals surface area contributed by atoms with Crippen LogP contribution in [-0.4, -0.2) is 0 Å². The third-order valence-corrected chi connectivity index (χ3v) is 14.3. The number of rotatable bonds is 11. The van der Waals surface area contributed by atoms with Gasteiger partial charge in [-0.3, -0.25) is 0 Å². The maximum atomic E-state index is 6.58. The number of hydrogen-bond donors (Lipinski definition) is 0. The van der Waals surface area contributed by atoms with Gasteiger partial charge in [0.1, 0.15) is 11.3 Å². The largest absolute Gasteiger partial charge is 0.455 e. The average Bonchev–Trinajstić information content (AvgIpc) is 3.89. The van der Waals surface area contributed by atoms with Crippen molar-refractivity contribution in [3.8, 4) is 89.2 Å². The summed E-state index contributed by atoms with van der Waals surface area (Å²) in [6.07, 6.45) is 0. The van der Waals surface area contributed by atoms with Crippen LogP contribution in [0.2, 0.25) is 0 Å². The van der Waals surface area contributed by atoms with E-state index in [4.69, 9.17) is 4.42 Å². The third kappa shape index (κ3) is 8.55. The molecule has 13 rings (SSSR count). The molecule has 0 spiro atoms. The lowest BCUT2D eigenvalue weighted by molar-refractivity contribution is 0.632. The number of nitrogens with zero attached hydrogens (tertiary/aromatic N) is 1. The van der Waals surface area contributed by atoms with Gasteiger partial charge in [-0.15, -0.1) is 0 Å². The zero-order valence-electron chi connectivity index (χ0n) is 40.6. The van der Waals surface area contributed by atoms with Crippen molar-refractivity contribution in [2.45, 2.75) is 0 Å². The van der Waals surface area contributed by atoms with E-state index in [9.17, 15) is 0 Å². The molecule has 12 aromatic carbocycles. The fourth-order valence-electron chi connectivity index (χ4n) is 10.6. The van der Waals surface area contributed by atoms with Crippen molar-refractivity contribution in [3.05, 3.63) is 297 Å². The fraction of sp³-hybridized carbons (Fsp3) is 0. The molecule has 74 heavy (non-hydrogen) atoms. The number of anilines is 3. The predicted molar refractivity (Wildman–Crippen MR) is 312 cm³/mol. The van der Waals surface area contributed by atoms with Crippen molar-refractivity contribution in [2.24, 2.45) is 0 Å². The van der Waals surface area contributed by atoms with E-state index in [0.29, 0.717) is 0 Å². The van der Waals surface area contributed by atoms with Crippen LogP contribution < -0.4 is 4.90 Å². The molecular weight excluding hydrogens is 895 g/mol. The van der Waals surface area contributed by atoms with Crippen LogP contribution in [0.3, 0.4) is 0 Å². The highest BCUT2D eigenvalue weighted by molar-refractivity contribution is 6.02. The standard InChI is InChI=1S/C72H49NO/c1-3-17-55(18-4-1)65-24-9-11-26-67(65)68-27-12-10-25-66(68)56-40-46-64(47-41-56)73(63-44-38-54(39-45-63)60-35-34-50-16-7-8-21-58(50)48-60)62-42-36-52(37-43-62)51-30-32-53(33-31-51)59-22-15-23-61(49-59)72-71(57-19-5-2-6-20-57)69-28-13-14-29-70(69)74-72/h1-49H. The van der Waals surface area contributed by atoms with Gasteiger partial charge in [0.05, 0.1) is 0 Å². The summed E-state index contributed by atoms with van der Waals surface area (Å²) in [7, 11) is 0. The van der Waals surface area contributed by atoms with Gasteiger partial charge < -0.3 is 9.32 Å². The van der Waals surface area contributed by atoms with E-state index in [1.807, 2.05) is 12.1 Å². The Hall–Kier alpha value is -9.76. The SMILES string of the molecule is c1ccc(-c2ccccc2-c2ccccc2-c2ccc(N(c3ccc(-c4ccc(-c5cccc(-c6oc7ccccc7c6-c6ccccc6)c5)cc4)cc3)c3ccc(-c4ccc5ccccc5c4)cc3)cc2)cc1. The summed E-state index contributed by atoms with van der Waals surface area (Å²) in [4.78, 5) is 2.36. The maximum absolute atomic E-state index is 6.58. The Bertz CT molecular complexity index is 4080. The van der Waals surface area contributed by atoms with Gasteiger partial charge >= 0.3 is 0 Å². The zero-order chi connectivity index (χ0) is 49.2. The molecule has 2 heteroatoms. The second kappa shape index (κ2) is 19.4. The molecule has 0 N–H and O–H groups in total. The predicted octanol–water partition coefficient (Wildman–Crippen LogP) is 20.4. The summed E-state index contributed by atoms with van der Waals surface area (Å²) >= 11 is 0. The van der Waals surface area contributed by atoms with Crippen molar-refractivity contribution in [2.75, 3.05) is 4.90 Å². The van der Waals surface area contributed by atoms with E-state index < -0.39 is 0 Å². The van der Waals surface area contributed by atoms with Crippen molar-refractivity contribution in [1.29, 1.82) is 0 Å². The summed E-state index contributed by atoms with van der Waals surface area (Å²) in [6.45, 7) is 0. The minimum Gasteiger partial charge on any atom is -0.455 e. The first-order valence-corrected chi connectivity index (χ1v) is 25.3. The Balaban J connectivity index is 0.821. The van der Waals surface area contributed by atoms with Gasteiger partial charge in [0, 0.05) is 33.6 Å². The van der Waals surface area contributed by atoms with Crippen molar-refractivity contribution in [3.63, 3.8) is 0 Å². The smallest absolute Gasteiger partial charge is 0.143 e. The molecule has 0 radical (unpaired) electrons. The average molecular weight is 944 g/mol. The topological polar surface area (TPSA) is 16.4 Å². The number of furan rings is 1. The first kappa shape index (κ1) is 44.2. The lowest BCUT2D eigenvalue weighted by Crippen LogP contribution is -2.09. The monoisotopic (exact) mass is 943 g/mol. The van der Waals surface area contributed by atoms with E-state index in [-0.39, 0.29) is 0 Å². The Morgan fingerprint density at radius 2 is 0.622 bits per heavy atom. The summed E-state index contributed by atoms with van der Waals surface area (Å²) in [5.74, 6) is 0.882. The van der Waals surface area contributed by atoms with E-state index in [2.05, 4.69) is 290 Å². The Morgan fingerprint density at radius 3 is 1.22 bits per heavy atom. The Kier molecular flexibility index (Phi) is 11.6. The molecule has 0 amide bonds. The highest BCUT2D eigenvalue weighted by Crippen LogP contribution is 2.44. The summed E-state index contributed by atoms with van der Waals surface area (Å²) < 4.78 is 6.58. The molecule has 0 atom stereocenters. The Labute approximate surface area is 432 Å². The molecule has 1 aromatic heterocycles. The molecular formula is C72H49NO. The molecule has 13 aromatic rings. The van der Waals surface area contributed by atoms with Crippen LogP contribution >= 0.6 is 0 Å². The van der Waals surface area contributed by atoms with Crippen LogP contribution in [0, 0.1) is 0 Å². The fourth-order valence-corrected chi connectivity index (χ4v) is 10.6. The third-order valence-electron chi connectivity index (χ3n) is 14.3. The van der Waals surface area contributed by atoms with E-state index in [0.717, 1.165) is 78.3 Å². The number of hydrogen-bond acceptors (Lipinski definition) is 2. The number of fused-ring (bicyclic) bond motifs is 2. The second-order valence-corrected chi connectivity index (χ2v) is 18.8. The minimum absolute atomic E-state index is 0.882. The van der Waals surface area contributed by atoms with Gasteiger partial charge in [0.15, 0.2) is 0 Å². The van der Waals surface area contributed by atoms with Crippen molar-refractivity contribution < 1.29 is 4.42 Å². The minimum atomic E-state index is 0.882. The molecule has 0 bridgehead atoms. The number of para-hydroxylation sites is 1. The van der Waals surface area contributed by atoms with Crippen molar-refractivity contribution in [1.82, 2.24) is 0 Å². The lowest BCUT2D eigenvalue weighted by Gasteiger charge is -2.26. The van der Waals surface area contributed by atoms with E-state index >= 15 is 0 Å². The van der Waals surface area contributed by atoms with Crippen LogP contribution in [0.15, 0.2) is 302 Å². The molecule has 0 unspecified atom stereocenters. The van der Waals surface area contributed by atoms with Crippen LogP contribution in [0.25, 0.3) is 111 Å². The molecule has 348 valence electrons. The molecule has 0 saturated carbocycles. The molecule has 2 nitrogen and oxygen atoms in total. The molecule has 0 fully saturated rings. The van der Waals surface area contributed by atoms with Gasteiger partial charge in [-0.1, -0.05) is 243 Å². The van der Waals surface area contributed by atoms with E-state index in [1.165, 1.54) is 49.7 Å². The van der Waals surface area contributed by atoms with Gasteiger partial charge in [0.25, 0.3) is 0 Å². The van der Waals surface area contributed by atoms with Crippen LogP contribution in [-0.2, 0) is 0 Å². The summed E-state index contributed by atoms with van der Waals surface area (Å²) in [6, 6.07) is 107. The quantitative estimate of drug-likeness (QED) is 0.128. The van der Waals surface area contributed by atoms with Crippen molar-refractivity contribution >= 4 is 38.8 Å². The molecule has 0 saturated heterocycles. The van der Waals surface area contributed by atoms with E-state index in [1.54, 1.807) is 0 Å². The van der Waals surface area contributed by atoms with Gasteiger partial charge in [-0.05, 0) is 138 Å².